The zero-order valence-electron chi connectivity index (χ0n) is 15.6. The summed E-state index contributed by atoms with van der Waals surface area (Å²) >= 11 is 0. The summed E-state index contributed by atoms with van der Waals surface area (Å²) < 4.78 is 40.0. The van der Waals surface area contributed by atoms with Crippen molar-refractivity contribution in [3.63, 3.8) is 0 Å². The summed E-state index contributed by atoms with van der Waals surface area (Å²) in [5, 5.41) is 2.32. The average Bonchev–Trinajstić information content (AvgIpc) is 2.62. The number of benzene rings is 2. The summed E-state index contributed by atoms with van der Waals surface area (Å²) in [6.45, 7) is 8.37. The van der Waals surface area contributed by atoms with Crippen molar-refractivity contribution in [2.45, 2.75) is 20.8 Å². The molecule has 0 aliphatic carbocycles. The van der Waals surface area contributed by atoms with Crippen LogP contribution in [0.25, 0.3) is 0 Å². The number of amides is 2. The Morgan fingerprint density at radius 2 is 1.52 bits per heavy atom. The molecular weight excluding hydrogens is 355 g/mol. The molecule has 27 heavy (non-hydrogen) atoms. The van der Waals surface area contributed by atoms with Crippen LogP contribution in [0.1, 0.15) is 16.7 Å². The van der Waals surface area contributed by atoms with Gasteiger partial charge in [0, 0.05) is 31.9 Å². The highest BCUT2D eigenvalue weighted by molar-refractivity contribution is 5.89. The SMILES string of the molecule is Cc1cc(C)c(N2CCN(C(=O)Nc3ccc(F)c(F)c3F)CC2)c(C)c1. The van der Waals surface area contributed by atoms with Crippen molar-refractivity contribution in [1.29, 1.82) is 0 Å². The molecule has 0 saturated carbocycles. The minimum absolute atomic E-state index is 0.369. The minimum Gasteiger partial charge on any atom is -0.368 e. The summed E-state index contributed by atoms with van der Waals surface area (Å²) in [4.78, 5) is 16.1. The Bertz CT molecular complexity index is 854. The fraction of sp³-hybridized carbons (Fsp3) is 0.350. The van der Waals surface area contributed by atoms with Crippen LogP contribution < -0.4 is 10.2 Å². The molecule has 3 rings (SSSR count). The first-order chi connectivity index (χ1) is 12.8. The predicted octanol–water partition coefficient (Wildman–Crippen LogP) is 4.38. The number of hydrogen-bond acceptors (Lipinski definition) is 2. The number of nitrogens with one attached hydrogen (secondary N) is 1. The van der Waals surface area contributed by atoms with Gasteiger partial charge in [0.2, 0.25) is 0 Å². The topological polar surface area (TPSA) is 35.6 Å². The molecule has 0 radical (unpaired) electrons. The summed E-state index contributed by atoms with van der Waals surface area (Å²) in [7, 11) is 0. The van der Waals surface area contributed by atoms with Crippen LogP contribution >= 0.6 is 0 Å². The Morgan fingerprint density at radius 3 is 2.11 bits per heavy atom. The van der Waals surface area contributed by atoms with E-state index in [0.717, 1.165) is 12.1 Å². The molecule has 2 aromatic carbocycles. The number of urea groups is 1. The molecule has 0 atom stereocenters. The van der Waals surface area contributed by atoms with Gasteiger partial charge in [-0.1, -0.05) is 17.7 Å². The van der Waals surface area contributed by atoms with Gasteiger partial charge in [0.1, 0.15) is 0 Å². The molecule has 1 fully saturated rings. The average molecular weight is 377 g/mol. The van der Waals surface area contributed by atoms with Gasteiger partial charge in [0.05, 0.1) is 5.69 Å². The van der Waals surface area contributed by atoms with Crippen LogP contribution in [0.2, 0.25) is 0 Å². The third-order valence-corrected chi connectivity index (χ3v) is 4.80. The molecule has 1 heterocycles. The van der Waals surface area contributed by atoms with Gasteiger partial charge in [-0.15, -0.1) is 0 Å². The second-order valence-corrected chi connectivity index (χ2v) is 6.87. The third-order valence-electron chi connectivity index (χ3n) is 4.80. The third kappa shape index (κ3) is 3.86. The van der Waals surface area contributed by atoms with Gasteiger partial charge in [0.15, 0.2) is 17.5 Å². The minimum atomic E-state index is -1.59. The van der Waals surface area contributed by atoms with E-state index in [0.29, 0.717) is 26.2 Å². The number of nitrogens with zero attached hydrogens (tertiary/aromatic N) is 2. The van der Waals surface area contributed by atoms with Gasteiger partial charge in [0.25, 0.3) is 0 Å². The van der Waals surface area contributed by atoms with Crippen molar-refractivity contribution in [2.24, 2.45) is 0 Å². The zero-order valence-corrected chi connectivity index (χ0v) is 15.6. The maximum atomic E-state index is 13.7. The highest BCUT2D eigenvalue weighted by Crippen LogP contribution is 2.27. The number of anilines is 2. The molecule has 1 saturated heterocycles. The van der Waals surface area contributed by atoms with Crippen molar-refractivity contribution in [3.8, 4) is 0 Å². The number of piperazine rings is 1. The lowest BCUT2D eigenvalue weighted by Gasteiger charge is -2.37. The maximum absolute atomic E-state index is 13.7. The Labute approximate surface area is 156 Å². The van der Waals surface area contributed by atoms with Crippen LogP contribution in [0.5, 0.6) is 0 Å². The van der Waals surface area contributed by atoms with E-state index in [1.165, 1.54) is 27.3 Å². The van der Waals surface area contributed by atoms with Crippen molar-refractivity contribution in [1.82, 2.24) is 4.90 Å². The molecule has 0 spiro atoms. The largest absolute Gasteiger partial charge is 0.368 e. The van der Waals surface area contributed by atoms with Crippen molar-refractivity contribution in [3.05, 3.63) is 58.4 Å². The van der Waals surface area contributed by atoms with Gasteiger partial charge in [-0.25, -0.2) is 18.0 Å². The number of halogens is 3. The molecule has 1 N–H and O–H groups in total. The molecule has 0 unspecified atom stereocenters. The Morgan fingerprint density at radius 1 is 0.926 bits per heavy atom. The number of carbonyl (C=O) groups excluding carboxylic acids is 1. The summed E-state index contributed by atoms with van der Waals surface area (Å²) in [6, 6.07) is 5.54. The normalized spacial score (nSPS) is 14.4. The van der Waals surface area contributed by atoms with Crippen LogP contribution in [0.15, 0.2) is 24.3 Å². The molecule has 0 aromatic heterocycles. The van der Waals surface area contributed by atoms with Crippen LogP contribution in [0.3, 0.4) is 0 Å². The highest BCUT2D eigenvalue weighted by Gasteiger charge is 2.24. The van der Waals surface area contributed by atoms with E-state index < -0.39 is 23.5 Å². The highest BCUT2D eigenvalue weighted by atomic mass is 19.2. The molecule has 1 aliphatic rings. The fourth-order valence-electron chi connectivity index (χ4n) is 3.62. The van der Waals surface area contributed by atoms with E-state index in [9.17, 15) is 18.0 Å². The first kappa shape index (κ1) is 19.1. The first-order valence-electron chi connectivity index (χ1n) is 8.80. The number of aryl methyl sites for hydroxylation is 3. The van der Waals surface area contributed by atoms with E-state index in [1.54, 1.807) is 0 Å². The molecule has 1 aliphatic heterocycles. The molecule has 144 valence electrons. The second kappa shape index (κ2) is 7.50. The Kier molecular flexibility index (Phi) is 5.30. The van der Waals surface area contributed by atoms with Crippen molar-refractivity contribution < 1.29 is 18.0 Å². The van der Waals surface area contributed by atoms with Gasteiger partial charge in [-0.05, 0) is 44.0 Å². The van der Waals surface area contributed by atoms with E-state index in [1.807, 2.05) is 0 Å². The lowest BCUT2D eigenvalue weighted by atomic mass is 10.0. The Balaban J connectivity index is 1.66. The van der Waals surface area contributed by atoms with Crippen LogP contribution in [-0.2, 0) is 0 Å². The molecule has 0 bridgehead atoms. The van der Waals surface area contributed by atoms with Crippen molar-refractivity contribution in [2.75, 3.05) is 36.4 Å². The van der Waals surface area contributed by atoms with E-state index in [-0.39, 0.29) is 5.69 Å². The predicted molar refractivity (Wildman–Crippen MR) is 99.8 cm³/mol. The van der Waals surface area contributed by atoms with Crippen LogP contribution in [0.4, 0.5) is 29.3 Å². The van der Waals surface area contributed by atoms with E-state index in [4.69, 9.17) is 0 Å². The lowest BCUT2D eigenvalue weighted by molar-refractivity contribution is 0.208. The van der Waals surface area contributed by atoms with Crippen LogP contribution in [0, 0.1) is 38.2 Å². The maximum Gasteiger partial charge on any atom is 0.322 e. The zero-order chi connectivity index (χ0) is 19.7. The van der Waals surface area contributed by atoms with E-state index in [2.05, 4.69) is 43.1 Å². The van der Waals surface area contributed by atoms with Gasteiger partial charge in [-0.3, -0.25) is 0 Å². The Hall–Kier alpha value is -2.70. The first-order valence-corrected chi connectivity index (χ1v) is 8.80. The standard InChI is InChI=1S/C20H22F3N3O/c1-12-10-13(2)19(14(3)11-12)25-6-8-26(9-7-25)20(27)24-16-5-4-15(21)17(22)18(16)23/h4-5,10-11H,6-9H2,1-3H3,(H,24,27). The smallest absolute Gasteiger partial charge is 0.322 e. The quantitative estimate of drug-likeness (QED) is 0.789. The van der Waals surface area contributed by atoms with E-state index >= 15 is 0 Å². The second-order valence-electron chi connectivity index (χ2n) is 6.87. The summed E-state index contributed by atoms with van der Waals surface area (Å²) in [5.41, 5.74) is 4.39. The molecular formula is C20H22F3N3O. The molecule has 2 amide bonds. The summed E-state index contributed by atoms with van der Waals surface area (Å²) in [6.07, 6.45) is 0. The summed E-state index contributed by atoms with van der Waals surface area (Å²) in [5.74, 6) is -4.28. The molecule has 7 heteroatoms. The van der Waals surface area contributed by atoms with Crippen LogP contribution in [-0.4, -0.2) is 37.1 Å². The van der Waals surface area contributed by atoms with Crippen molar-refractivity contribution >= 4 is 17.4 Å². The lowest BCUT2D eigenvalue weighted by Crippen LogP contribution is -2.50. The van der Waals surface area contributed by atoms with Gasteiger partial charge < -0.3 is 15.1 Å². The monoisotopic (exact) mass is 377 g/mol. The number of rotatable bonds is 2. The van der Waals surface area contributed by atoms with Gasteiger partial charge >= 0.3 is 6.03 Å². The molecule has 4 nitrogen and oxygen atoms in total. The molecule has 2 aromatic rings. The van der Waals surface area contributed by atoms with Gasteiger partial charge in [-0.2, -0.15) is 0 Å². The number of hydrogen-bond donors (Lipinski definition) is 1. The number of carbonyl (C=O) groups is 1. The fourth-order valence-corrected chi connectivity index (χ4v) is 3.62.